The largest absolute Gasteiger partial charge is 0.275 e. The molecule has 0 heterocycles. The summed E-state index contributed by atoms with van der Waals surface area (Å²) in [4.78, 5) is 16.1. The highest BCUT2D eigenvalue weighted by Gasteiger charge is 2.07. The van der Waals surface area contributed by atoms with Gasteiger partial charge in [0.1, 0.15) is 5.82 Å². The molecule has 0 aliphatic heterocycles. The highest BCUT2D eigenvalue weighted by molar-refractivity contribution is 5.75. The van der Waals surface area contributed by atoms with Gasteiger partial charge in [0, 0.05) is 13.5 Å². The monoisotopic (exact) mass is 211 g/mol. The van der Waals surface area contributed by atoms with E-state index in [1.807, 2.05) is 0 Å². The standard InChI is InChI=1S/C11H14FNO2/c1-13(15-2)11(14)8-5-9-3-6-10(12)7-4-9/h3-4,6-7H,5,8H2,1-2H3. The van der Waals surface area contributed by atoms with Gasteiger partial charge >= 0.3 is 0 Å². The number of hydrogen-bond acceptors (Lipinski definition) is 2. The zero-order valence-electron chi connectivity index (χ0n) is 8.87. The van der Waals surface area contributed by atoms with Crippen LogP contribution in [0.25, 0.3) is 0 Å². The summed E-state index contributed by atoms with van der Waals surface area (Å²) in [5.74, 6) is -0.360. The van der Waals surface area contributed by atoms with Gasteiger partial charge in [-0.1, -0.05) is 12.1 Å². The van der Waals surface area contributed by atoms with Crippen LogP contribution < -0.4 is 0 Å². The third kappa shape index (κ3) is 3.67. The molecule has 0 atom stereocenters. The van der Waals surface area contributed by atoms with E-state index < -0.39 is 0 Å². The van der Waals surface area contributed by atoms with Gasteiger partial charge < -0.3 is 0 Å². The van der Waals surface area contributed by atoms with E-state index in [1.165, 1.54) is 24.3 Å². The molecule has 0 unspecified atom stereocenters. The summed E-state index contributed by atoms with van der Waals surface area (Å²) in [7, 11) is 3.00. The van der Waals surface area contributed by atoms with Gasteiger partial charge in [0.15, 0.2) is 0 Å². The van der Waals surface area contributed by atoms with Crippen LogP contribution in [0.3, 0.4) is 0 Å². The molecule has 0 spiro atoms. The predicted octanol–water partition coefficient (Wildman–Crippen LogP) is 1.78. The quantitative estimate of drug-likeness (QED) is 0.710. The summed E-state index contributed by atoms with van der Waals surface area (Å²) >= 11 is 0. The van der Waals surface area contributed by atoms with Crippen LogP contribution in [0.2, 0.25) is 0 Å². The van der Waals surface area contributed by atoms with Gasteiger partial charge in [-0.15, -0.1) is 0 Å². The molecule has 15 heavy (non-hydrogen) atoms. The summed E-state index contributed by atoms with van der Waals surface area (Å²) in [6.07, 6.45) is 0.947. The molecular formula is C11H14FNO2. The molecule has 0 fully saturated rings. The number of halogens is 1. The minimum absolute atomic E-state index is 0.0955. The van der Waals surface area contributed by atoms with E-state index in [1.54, 1.807) is 19.2 Å². The lowest BCUT2D eigenvalue weighted by atomic mass is 10.1. The predicted molar refractivity (Wildman–Crippen MR) is 54.5 cm³/mol. The number of nitrogens with zero attached hydrogens (tertiary/aromatic N) is 1. The molecule has 0 radical (unpaired) electrons. The Kier molecular flexibility index (Phi) is 4.24. The van der Waals surface area contributed by atoms with Crippen molar-refractivity contribution in [1.82, 2.24) is 5.06 Å². The molecule has 0 aliphatic carbocycles. The van der Waals surface area contributed by atoms with Gasteiger partial charge in [0.25, 0.3) is 0 Å². The van der Waals surface area contributed by atoms with E-state index in [2.05, 4.69) is 0 Å². The molecule has 3 nitrogen and oxygen atoms in total. The van der Waals surface area contributed by atoms with Crippen molar-refractivity contribution >= 4 is 5.91 Å². The summed E-state index contributed by atoms with van der Waals surface area (Å²) in [5, 5.41) is 1.18. The first-order chi connectivity index (χ1) is 7.13. The number of benzene rings is 1. The summed E-state index contributed by atoms with van der Waals surface area (Å²) in [6.45, 7) is 0. The second-order valence-electron chi connectivity index (χ2n) is 3.20. The highest BCUT2D eigenvalue weighted by Crippen LogP contribution is 2.06. The molecular weight excluding hydrogens is 197 g/mol. The van der Waals surface area contributed by atoms with Crippen molar-refractivity contribution in [2.75, 3.05) is 14.2 Å². The first-order valence-electron chi connectivity index (χ1n) is 4.68. The molecule has 1 amide bonds. The fourth-order valence-electron chi connectivity index (χ4n) is 1.16. The summed E-state index contributed by atoms with van der Waals surface area (Å²) in [5.41, 5.74) is 0.939. The van der Waals surface area contributed by atoms with Crippen molar-refractivity contribution in [3.63, 3.8) is 0 Å². The fourth-order valence-corrected chi connectivity index (χ4v) is 1.16. The molecule has 1 aromatic carbocycles. The van der Waals surface area contributed by atoms with Gasteiger partial charge in [-0.05, 0) is 24.1 Å². The second kappa shape index (κ2) is 5.46. The minimum atomic E-state index is -0.265. The van der Waals surface area contributed by atoms with Gasteiger partial charge in [0.2, 0.25) is 5.91 Å². The Morgan fingerprint density at radius 1 is 1.40 bits per heavy atom. The molecule has 0 saturated heterocycles. The molecule has 4 heteroatoms. The van der Waals surface area contributed by atoms with Crippen LogP contribution in [-0.4, -0.2) is 25.1 Å². The molecule has 0 bridgehead atoms. The minimum Gasteiger partial charge on any atom is -0.275 e. The van der Waals surface area contributed by atoms with Crippen molar-refractivity contribution < 1.29 is 14.0 Å². The number of carbonyl (C=O) groups excluding carboxylic acids is 1. The van der Waals surface area contributed by atoms with Crippen molar-refractivity contribution in [2.24, 2.45) is 0 Å². The van der Waals surface area contributed by atoms with Crippen LogP contribution in [0.1, 0.15) is 12.0 Å². The van der Waals surface area contributed by atoms with Crippen molar-refractivity contribution in [3.8, 4) is 0 Å². The maximum atomic E-state index is 12.6. The topological polar surface area (TPSA) is 29.5 Å². The second-order valence-corrected chi connectivity index (χ2v) is 3.20. The van der Waals surface area contributed by atoms with E-state index in [0.717, 1.165) is 5.56 Å². The van der Waals surface area contributed by atoms with Crippen LogP contribution >= 0.6 is 0 Å². The van der Waals surface area contributed by atoms with E-state index >= 15 is 0 Å². The van der Waals surface area contributed by atoms with E-state index in [4.69, 9.17) is 4.84 Å². The number of aryl methyl sites for hydroxylation is 1. The maximum absolute atomic E-state index is 12.6. The summed E-state index contributed by atoms with van der Waals surface area (Å²) < 4.78 is 12.6. The molecule has 0 N–H and O–H groups in total. The molecule has 0 saturated carbocycles. The lowest BCUT2D eigenvalue weighted by molar-refractivity contribution is -0.168. The maximum Gasteiger partial charge on any atom is 0.246 e. The first kappa shape index (κ1) is 11.7. The van der Waals surface area contributed by atoms with Crippen LogP contribution in [-0.2, 0) is 16.1 Å². The van der Waals surface area contributed by atoms with Crippen molar-refractivity contribution in [2.45, 2.75) is 12.8 Å². The number of hydroxylamine groups is 2. The molecule has 0 aromatic heterocycles. The van der Waals surface area contributed by atoms with Gasteiger partial charge in [-0.3, -0.25) is 9.63 Å². The summed E-state index contributed by atoms with van der Waals surface area (Å²) in [6, 6.07) is 6.13. The number of amides is 1. The average Bonchev–Trinajstić information content (AvgIpc) is 2.26. The Hall–Kier alpha value is -1.42. The highest BCUT2D eigenvalue weighted by atomic mass is 19.1. The average molecular weight is 211 g/mol. The lowest BCUT2D eigenvalue weighted by Crippen LogP contribution is -2.25. The van der Waals surface area contributed by atoms with Crippen molar-refractivity contribution in [3.05, 3.63) is 35.6 Å². The van der Waals surface area contributed by atoms with Crippen LogP contribution in [0.15, 0.2) is 24.3 Å². The lowest BCUT2D eigenvalue weighted by Gasteiger charge is -2.13. The van der Waals surface area contributed by atoms with Crippen LogP contribution in [0.5, 0.6) is 0 Å². The molecule has 1 rings (SSSR count). The zero-order chi connectivity index (χ0) is 11.3. The first-order valence-corrected chi connectivity index (χ1v) is 4.68. The molecule has 0 aliphatic rings. The number of carbonyl (C=O) groups is 1. The third-order valence-corrected chi connectivity index (χ3v) is 2.17. The number of rotatable bonds is 4. The smallest absolute Gasteiger partial charge is 0.246 e. The Balaban J connectivity index is 2.43. The normalized spacial score (nSPS) is 10.1. The number of hydrogen-bond donors (Lipinski definition) is 0. The molecule has 1 aromatic rings. The Bertz CT molecular complexity index is 324. The van der Waals surface area contributed by atoms with Crippen LogP contribution in [0.4, 0.5) is 4.39 Å². The Morgan fingerprint density at radius 3 is 2.53 bits per heavy atom. The Morgan fingerprint density at radius 2 is 2.00 bits per heavy atom. The zero-order valence-corrected chi connectivity index (χ0v) is 8.87. The van der Waals surface area contributed by atoms with E-state index in [0.29, 0.717) is 12.8 Å². The SMILES string of the molecule is CON(C)C(=O)CCc1ccc(F)cc1. The van der Waals surface area contributed by atoms with Gasteiger partial charge in [-0.25, -0.2) is 9.45 Å². The fraction of sp³-hybridized carbons (Fsp3) is 0.364. The third-order valence-electron chi connectivity index (χ3n) is 2.17. The Labute approximate surface area is 88.4 Å². The van der Waals surface area contributed by atoms with E-state index in [9.17, 15) is 9.18 Å². The molecule has 82 valence electrons. The van der Waals surface area contributed by atoms with Crippen molar-refractivity contribution in [1.29, 1.82) is 0 Å². The van der Waals surface area contributed by atoms with Gasteiger partial charge in [0.05, 0.1) is 7.11 Å². The van der Waals surface area contributed by atoms with Gasteiger partial charge in [-0.2, -0.15) is 0 Å². The van der Waals surface area contributed by atoms with Crippen LogP contribution in [0, 0.1) is 5.82 Å². The van der Waals surface area contributed by atoms with E-state index in [-0.39, 0.29) is 11.7 Å².